The predicted octanol–water partition coefficient (Wildman–Crippen LogP) is 0.424. The van der Waals surface area contributed by atoms with Crippen molar-refractivity contribution in [2.45, 2.75) is 0 Å². The van der Waals surface area contributed by atoms with Crippen LogP contribution in [0.25, 0.3) is 0 Å². The third kappa shape index (κ3) is 3.60. The van der Waals surface area contributed by atoms with Gasteiger partial charge < -0.3 is 20.7 Å². The molecule has 0 spiro atoms. The molecule has 17 heavy (non-hydrogen) atoms. The first-order valence-electron chi connectivity index (χ1n) is 5.27. The molecule has 0 aliphatic carbocycles. The van der Waals surface area contributed by atoms with Crippen LogP contribution in [0, 0.1) is 0 Å². The highest BCUT2D eigenvalue weighted by atomic mass is 16.5. The Labute approximate surface area is 101 Å². The number of nitrogens with two attached hydrogens (primary N) is 1. The van der Waals surface area contributed by atoms with E-state index in [1.165, 1.54) is 19.4 Å². The van der Waals surface area contributed by atoms with Gasteiger partial charge in [-0.15, -0.1) is 0 Å². The van der Waals surface area contributed by atoms with E-state index in [1.54, 1.807) is 0 Å². The summed E-state index contributed by atoms with van der Waals surface area (Å²) in [6.45, 7) is 1.55. The number of aromatic nitrogens is 1. The maximum atomic E-state index is 11.4. The molecule has 6 heteroatoms. The molecule has 1 aromatic rings. The van der Waals surface area contributed by atoms with E-state index < -0.39 is 5.97 Å². The number of anilines is 2. The Kier molecular flexibility index (Phi) is 4.71. The van der Waals surface area contributed by atoms with Gasteiger partial charge >= 0.3 is 5.97 Å². The van der Waals surface area contributed by atoms with Gasteiger partial charge in [-0.25, -0.2) is 9.78 Å². The highest BCUT2D eigenvalue weighted by Crippen LogP contribution is 2.20. The number of methoxy groups -OCH3 is 1. The number of carbonyl (C=O) groups is 1. The van der Waals surface area contributed by atoms with Crippen LogP contribution in [0.5, 0.6) is 0 Å². The molecule has 0 radical (unpaired) electrons. The summed E-state index contributed by atoms with van der Waals surface area (Å²) >= 11 is 0. The average Bonchev–Trinajstić information content (AvgIpc) is 2.30. The molecule has 0 unspecified atom stereocenters. The largest absolute Gasteiger partial charge is 0.465 e. The van der Waals surface area contributed by atoms with Gasteiger partial charge in [-0.05, 0) is 20.2 Å². The Balaban J connectivity index is 2.76. The van der Waals surface area contributed by atoms with Crippen LogP contribution in [0.4, 0.5) is 11.5 Å². The predicted molar refractivity (Wildman–Crippen MR) is 67.0 cm³/mol. The van der Waals surface area contributed by atoms with Gasteiger partial charge in [0, 0.05) is 19.3 Å². The van der Waals surface area contributed by atoms with Gasteiger partial charge in [0.15, 0.2) is 0 Å². The SMILES string of the molecule is COC(=O)c1ccnc(NCCN(C)C)c1N. The Morgan fingerprint density at radius 1 is 1.59 bits per heavy atom. The Hall–Kier alpha value is -1.82. The van der Waals surface area contributed by atoms with Crippen molar-refractivity contribution in [2.75, 3.05) is 45.3 Å². The van der Waals surface area contributed by atoms with E-state index in [-0.39, 0.29) is 0 Å². The summed E-state index contributed by atoms with van der Waals surface area (Å²) in [6, 6.07) is 1.54. The second-order valence-corrected chi connectivity index (χ2v) is 3.84. The zero-order valence-corrected chi connectivity index (χ0v) is 10.4. The molecule has 1 heterocycles. The maximum absolute atomic E-state index is 11.4. The molecule has 6 nitrogen and oxygen atoms in total. The topological polar surface area (TPSA) is 80.5 Å². The van der Waals surface area contributed by atoms with Gasteiger partial charge in [0.1, 0.15) is 5.82 Å². The summed E-state index contributed by atoms with van der Waals surface area (Å²) in [4.78, 5) is 17.5. The summed E-state index contributed by atoms with van der Waals surface area (Å²) in [6.07, 6.45) is 1.53. The number of nitrogen functional groups attached to an aromatic ring is 1. The lowest BCUT2D eigenvalue weighted by Gasteiger charge is -2.13. The molecule has 0 bridgehead atoms. The lowest BCUT2D eigenvalue weighted by Crippen LogP contribution is -2.22. The van der Waals surface area contributed by atoms with Gasteiger partial charge in [0.05, 0.1) is 18.4 Å². The minimum atomic E-state index is -0.458. The molecular formula is C11H18N4O2. The summed E-state index contributed by atoms with van der Waals surface area (Å²) in [5, 5.41) is 3.08. The minimum absolute atomic E-state index is 0.318. The van der Waals surface area contributed by atoms with Crippen molar-refractivity contribution >= 4 is 17.5 Å². The molecule has 0 fully saturated rings. The first kappa shape index (κ1) is 13.2. The summed E-state index contributed by atoms with van der Waals surface area (Å²) in [5.41, 5.74) is 6.48. The van der Waals surface area contributed by atoms with Crippen molar-refractivity contribution in [3.63, 3.8) is 0 Å². The summed E-state index contributed by atoms with van der Waals surface area (Å²) in [7, 11) is 5.27. The number of ether oxygens (including phenoxy) is 1. The van der Waals surface area contributed by atoms with E-state index in [9.17, 15) is 4.79 Å². The maximum Gasteiger partial charge on any atom is 0.340 e. The van der Waals surface area contributed by atoms with E-state index in [0.717, 1.165) is 6.54 Å². The van der Waals surface area contributed by atoms with Crippen molar-refractivity contribution in [1.82, 2.24) is 9.88 Å². The van der Waals surface area contributed by atoms with Crippen LogP contribution in [0.1, 0.15) is 10.4 Å². The van der Waals surface area contributed by atoms with Crippen molar-refractivity contribution in [2.24, 2.45) is 0 Å². The van der Waals surface area contributed by atoms with Crippen LogP contribution in [0.2, 0.25) is 0 Å². The number of rotatable bonds is 5. The molecule has 0 atom stereocenters. The minimum Gasteiger partial charge on any atom is -0.465 e. The van der Waals surface area contributed by atoms with Crippen molar-refractivity contribution in [3.8, 4) is 0 Å². The Bertz CT molecular complexity index is 393. The molecule has 1 rings (SSSR count). The molecule has 0 saturated heterocycles. The van der Waals surface area contributed by atoms with Gasteiger partial charge in [-0.1, -0.05) is 0 Å². The Morgan fingerprint density at radius 3 is 2.88 bits per heavy atom. The lowest BCUT2D eigenvalue weighted by molar-refractivity contribution is 0.0602. The molecular weight excluding hydrogens is 220 g/mol. The third-order valence-electron chi connectivity index (χ3n) is 2.25. The third-order valence-corrected chi connectivity index (χ3v) is 2.25. The van der Waals surface area contributed by atoms with Crippen LogP contribution in [0.15, 0.2) is 12.3 Å². The fourth-order valence-corrected chi connectivity index (χ4v) is 1.30. The Morgan fingerprint density at radius 2 is 2.29 bits per heavy atom. The van der Waals surface area contributed by atoms with Crippen molar-refractivity contribution < 1.29 is 9.53 Å². The number of esters is 1. The molecule has 1 aromatic heterocycles. The summed E-state index contributed by atoms with van der Waals surface area (Å²) < 4.78 is 4.63. The number of likely N-dealkylation sites (N-methyl/N-ethyl adjacent to an activating group) is 1. The number of carbonyl (C=O) groups excluding carboxylic acids is 1. The highest BCUT2D eigenvalue weighted by molar-refractivity contribution is 5.97. The smallest absolute Gasteiger partial charge is 0.340 e. The van der Waals surface area contributed by atoms with Crippen molar-refractivity contribution in [1.29, 1.82) is 0 Å². The second-order valence-electron chi connectivity index (χ2n) is 3.84. The molecule has 0 amide bonds. The zero-order chi connectivity index (χ0) is 12.8. The van der Waals surface area contributed by atoms with Crippen LogP contribution in [-0.4, -0.2) is 50.1 Å². The molecule has 0 aliphatic rings. The average molecular weight is 238 g/mol. The van der Waals surface area contributed by atoms with E-state index >= 15 is 0 Å². The second kappa shape index (κ2) is 6.05. The van der Waals surface area contributed by atoms with E-state index in [1.807, 2.05) is 19.0 Å². The number of pyridine rings is 1. The highest BCUT2D eigenvalue weighted by Gasteiger charge is 2.13. The van der Waals surface area contributed by atoms with E-state index in [4.69, 9.17) is 5.73 Å². The zero-order valence-electron chi connectivity index (χ0n) is 10.4. The molecule has 94 valence electrons. The molecule has 0 saturated carbocycles. The first-order chi connectivity index (χ1) is 8.06. The normalized spacial score (nSPS) is 10.4. The van der Waals surface area contributed by atoms with Crippen LogP contribution in [0.3, 0.4) is 0 Å². The fraction of sp³-hybridized carbons (Fsp3) is 0.455. The molecule has 0 aromatic carbocycles. The standard InChI is InChI=1S/C11H18N4O2/c1-15(2)7-6-14-10-9(12)8(4-5-13-10)11(16)17-3/h4-5H,6-7,12H2,1-3H3,(H,13,14). The van der Waals surface area contributed by atoms with Gasteiger partial charge in [-0.3, -0.25) is 0 Å². The van der Waals surface area contributed by atoms with Gasteiger partial charge in [-0.2, -0.15) is 0 Å². The van der Waals surface area contributed by atoms with Gasteiger partial charge in [0.25, 0.3) is 0 Å². The van der Waals surface area contributed by atoms with E-state index in [2.05, 4.69) is 15.0 Å². The molecule has 0 aliphatic heterocycles. The van der Waals surface area contributed by atoms with Crippen LogP contribution in [-0.2, 0) is 4.74 Å². The number of hydrogen-bond donors (Lipinski definition) is 2. The van der Waals surface area contributed by atoms with Gasteiger partial charge in [0.2, 0.25) is 0 Å². The van der Waals surface area contributed by atoms with Crippen LogP contribution >= 0.6 is 0 Å². The molecule has 3 N–H and O–H groups in total. The number of nitrogens with zero attached hydrogens (tertiary/aromatic N) is 2. The number of hydrogen-bond acceptors (Lipinski definition) is 6. The number of nitrogens with one attached hydrogen (secondary N) is 1. The lowest BCUT2D eigenvalue weighted by atomic mass is 10.2. The first-order valence-corrected chi connectivity index (χ1v) is 5.27. The van der Waals surface area contributed by atoms with E-state index in [0.29, 0.717) is 23.6 Å². The quantitative estimate of drug-likeness (QED) is 0.724. The monoisotopic (exact) mass is 238 g/mol. The summed E-state index contributed by atoms with van der Waals surface area (Å²) in [5.74, 6) is 0.0512. The van der Waals surface area contributed by atoms with Crippen molar-refractivity contribution in [3.05, 3.63) is 17.8 Å². The fourth-order valence-electron chi connectivity index (χ4n) is 1.30. The van der Waals surface area contributed by atoms with Crippen LogP contribution < -0.4 is 11.1 Å².